The molecule has 4 rings (SSSR count). The highest BCUT2D eigenvalue weighted by atomic mass is 35.5. The van der Waals surface area contributed by atoms with Gasteiger partial charge in [-0.15, -0.1) is 0 Å². The minimum atomic E-state index is -0.670. The van der Waals surface area contributed by atoms with Gasteiger partial charge in [0.05, 0.1) is 10.0 Å². The fourth-order valence-electron chi connectivity index (χ4n) is 4.84. The Kier molecular flexibility index (Phi) is 9.90. The van der Waals surface area contributed by atoms with Crippen molar-refractivity contribution in [3.63, 3.8) is 0 Å². The van der Waals surface area contributed by atoms with Gasteiger partial charge in [-0.2, -0.15) is 0 Å². The van der Waals surface area contributed by atoms with Crippen molar-refractivity contribution in [2.75, 3.05) is 0 Å². The average molecular weight is 558 g/mol. The molecule has 194 valence electrons. The molecule has 3 aromatic rings. The Morgan fingerprint density at radius 2 is 1.54 bits per heavy atom. The van der Waals surface area contributed by atoms with Crippen LogP contribution in [0.15, 0.2) is 72.8 Å². The maximum atomic E-state index is 13.8. The Labute approximate surface area is 233 Å². The Balaban J connectivity index is 1.63. The monoisotopic (exact) mass is 556 g/mol. The minimum absolute atomic E-state index is 0.117. The summed E-state index contributed by atoms with van der Waals surface area (Å²) in [6, 6.07) is 22.1. The predicted molar refractivity (Wildman–Crippen MR) is 151 cm³/mol. The molecule has 1 atom stereocenters. The molecule has 37 heavy (non-hydrogen) atoms. The van der Waals surface area contributed by atoms with E-state index in [9.17, 15) is 9.59 Å². The third-order valence-electron chi connectivity index (χ3n) is 6.88. The van der Waals surface area contributed by atoms with Crippen molar-refractivity contribution in [1.29, 1.82) is 0 Å². The van der Waals surface area contributed by atoms with Crippen LogP contribution in [-0.2, 0) is 29.0 Å². The summed E-state index contributed by atoms with van der Waals surface area (Å²) < 4.78 is 0. The number of halogens is 3. The number of hydrogen-bond donors (Lipinski definition) is 1. The third-order valence-corrected chi connectivity index (χ3v) is 7.98. The third kappa shape index (κ3) is 7.73. The SMILES string of the molecule is O=C(NC1CCCC1)C(Cc1ccccc1)N(Cc1ccc(Cl)c(Cl)c1)C(=O)CCc1ccccc1Cl. The summed E-state index contributed by atoms with van der Waals surface area (Å²) in [6.07, 6.45) is 5.29. The van der Waals surface area contributed by atoms with Crippen LogP contribution in [0.4, 0.5) is 0 Å². The number of carbonyl (C=O) groups excluding carboxylic acids is 2. The molecule has 1 fully saturated rings. The van der Waals surface area contributed by atoms with Crippen molar-refractivity contribution in [2.45, 2.75) is 63.6 Å². The van der Waals surface area contributed by atoms with E-state index in [1.165, 1.54) is 0 Å². The summed E-state index contributed by atoms with van der Waals surface area (Å²) in [7, 11) is 0. The standard InChI is InChI=1S/C30H31Cl3N2O2/c31-25-13-7-4-10-23(25)15-17-29(36)35(20-22-14-16-26(32)27(33)18-22)28(19-21-8-2-1-3-9-21)30(37)34-24-11-5-6-12-24/h1-4,7-10,13-14,16,18,24,28H,5-6,11-12,15,17,19-20H2,(H,34,37). The van der Waals surface area contributed by atoms with Crippen molar-refractivity contribution in [3.8, 4) is 0 Å². The first kappa shape index (κ1) is 27.5. The Morgan fingerprint density at radius 1 is 0.838 bits per heavy atom. The highest BCUT2D eigenvalue weighted by Crippen LogP contribution is 2.26. The topological polar surface area (TPSA) is 49.4 Å². The molecule has 1 saturated carbocycles. The van der Waals surface area contributed by atoms with Crippen LogP contribution in [0.1, 0.15) is 48.8 Å². The highest BCUT2D eigenvalue weighted by molar-refractivity contribution is 6.42. The molecule has 0 radical (unpaired) electrons. The maximum absolute atomic E-state index is 13.8. The fraction of sp³-hybridized carbons (Fsp3) is 0.333. The molecule has 2 amide bonds. The summed E-state index contributed by atoms with van der Waals surface area (Å²) in [6.45, 7) is 0.244. The van der Waals surface area contributed by atoms with Crippen LogP contribution >= 0.6 is 34.8 Å². The predicted octanol–water partition coefficient (Wildman–Crippen LogP) is 7.28. The minimum Gasteiger partial charge on any atom is -0.352 e. The first-order valence-electron chi connectivity index (χ1n) is 12.7. The molecule has 7 heteroatoms. The fourth-order valence-corrected chi connectivity index (χ4v) is 5.39. The van der Waals surface area contributed by atoms with E-state index >= 15 is 0 Å². The molecule has 0 aliphatic heterocycles. The van der Waals surface area contributed by atoms with Gasteiger partial charge in [0.2, 0.25) is 11.8 Å². The molecule has 1 N–H and O–H groups in total. The number of nitrogens with one attached hydrogen (secondary N) is 1. The van der Waals surface area contributed by atoms with Crippen molar-refractivity contribution in [1.82, 2.24) is 10.2 Å². The molecule has 0 aromatic heterocycles. The second-order valence-corrected chi connectivity index (χ2v) is 10.8. The van der Waals surface area contributed by atoms with Crippen LogP contribution in [0.3, 0.4) is 0 Å². The van der Waals surface area contributed by atoms with Gasteiger partial charge in [0.1, 0.15) is 6.04 Å². The lowest BCUT2D eigenvalue weighted by Gasteiger charge is -2.32. The van der Waals surface area contributed by atoms with Gasteiger partial charge in [-0.3, -0.25) is 9.59 Å². The number of benzene rings is 3. The van der Waals surface area contributed by atoms with Crippen LogP contribution in [0.25, 0.3) is 0 Å². The zero-order chi connectivity index (χ0) is 26.2. The number of carbonyl (C=O) groups is 2. The van der Waals surface area contributed by atoms with Crippen LogP contribution in [-0.4, -0.2) is 28.8 Å². The van der Waals surface area contributed by atoms with Crippen molar-refractivity contribution in [3.05, 3.63) is 105 Å². The largest absolute Gasteiger partial charge is 0.352 e. The molecule has 1 aliphatic carbocycles. The molecule has 4 nitrogen and oxygen atoms in total. The van der Waals surface area contributed by atoms with Crippen LogP contribution < -0.4 is 5.32 Å². The molecular weight excluding hydrogens is 527 g/mol. The van der Waals surface area contributed by atoms with E-state index in [0.29, 0.717) is 27.9 Å². The zero-order valence-corrected chi connectivity index (χ0v) is 22.9. The molecular formula is C30H31Cl3N2O2. The van der Waals surface area contributed by atoms with E-state index in [-0.39, 0.29) is 30.8 Å². The van der Waals surface area contributed by atoms with Gasteiger partial charge in [-0.05, 0) is 54.2 Å². The van der Waals surface area contributed by atoms with Gasteiger partial charge < -0.3 is 10.2 Å². The smallest absolute Gasteiger partial charge is 0.243 e. The quantitative estimate of drug-likeness (QED) is 0.285. The Bertz CT molecular complexity index is 1210. The lowest BCUT2D eigenvalue weighted by molar-refractivity contribution is -0.141. The lowest BCUT2D eigenvalue weighted by Crippen LogP contribution is -2.52. The van der Waals surface area contributed by atoms with Crippen molar-refractivity contribution < 1.29 is 9.59 Å². The van der Waals surface area contributed by atoms with Crippen LogP contribution in [0.5, 0.6) is 0 Å². The first-order valence-corrected chi connectivity index (χ1v) is 13.8. The van der Waals surface area contributed by atoms with E-state index in [2.05, 4.69) is 5.32 Å². The van der Waals surface area contributed by atoms with Gasteiger partial charge in [-0.25, -0.2) is 0 Å². The summed E-state index contributed by atoms with van der Waals surface area (Å²) in [5, 5.41) is 4.71. The molecule has 0 heterocycles. The van der Waals surface area contributed by atoms with Gasteiger partial charge >= 0.3 is 0 Å². The molecule has 0 saturated heterocycles. The van der Waals surface area contributed by atoms with E-state index in [1.54, 1.807) is 17.0 Å². The average Bonchev–Trinajstić information content (AvgIpc) is 3.41. The van der Waals surface area contributed by atoms with Gasteiger partial charge in [0.25, 0.3) is 0 Å². The zero-order valence-electron chi connectivity index (χ0n) is 20.6. The van der Waals surface area contributed by atoms with Crippen molar-refractivity contribution >= 4 is 46.6 Å². The summed E-state index contributed by atoms with van der Waals surface area (Å²) in [5.74, 6) is -0.240. The first-order chi connectivity index (χ1) is 17.9. The Morgan fingerprint density at radius 3 is 2.24 bits per heavy atom. The lowest BCUT2D eigenvalue weighted by atomic mass is 10.0. The van der Waals surface area contributed by atoms with E-state index in [4.69, 9.17) is 34.8 Å². The Hall–Kier alpha value is -2.53. The normalized spacial score (nSPS) is 14.4. The molecule has 3 aromatic carbocycles. The highest BCUT2D eigenvalue weighted by Gasteiger charge is 2.32. The van der Waals surface area contributed by atoms with Gasteiger partial charge in [0.15, 0.2) is 0 Å². The molecule has 0 bridgehead atoms. The van der Waals surface area contributed by atoms with E-state index in [1.807, 2.05) is 60.7 Å². The summed E-state index contributed by atoms with van der Waals surface area (Å²) >= 11 is 18.8. The number of nitrogens with zero attached hydrogens (tertiary/aromatic N) is 1. The summed E-state index contributed by atoms with van der Waals surface area (Å²) in [4.78, 5) is 29.2. The number of hydrogen-bond acceptors (Lipinski definition) is 2. The second kappa shape index (κ2) is 13.3. The number of rotatable bonds is 10. The van der Waals surface area contributed by atoms with Crippen LogP contribution in [0, 0.1) is 0 Å². The van der Waals surface area contributed by atoms with Crippen LogP contribution in [0.2, 0.25) is 15.1 Å². The number of amides is 2. The van der Waals surface area contributed by atoms with Crippen molar-refractivity contribution in [2.24, 2.45) is 0 Å². The molecule has 0 spiro atoms. The maximum Gasteiger partial charge on any atom is 0.243 e. The van der Waals surface area contributed by atoms with E-state index < -0.39 is 6.04 Å². The van der Waals surface area contributed by atoms with E-state index in [0.717, 1.165) is 42.4 Å². The molecule has 1 unspecified atom stereocenters. The number of aryl methyl sites for hydroxylation is 1. The van der Waals surface area contributed by atoms with Gasteiger partial charge in [0, 0.05) is 30.5 Å². The summed E-state index contributed by atoms with van der Waals surface area (Å²) in [5.41, 5.74) is 2.71. The van der Waals surface area contributed by atoms with Gasteiger partial charge in [-0.1, -0.05) is 102 Å². The molecule has 1 aliphatic rings. The second-order valence-electron chi connectivity index (χ2n) is 9.56.